The molecule has 54 heavy (non-hydrogen) atoms. The topological polar surface area (TPSA) is 94.5 Å². The first kappa shape index (κ1) is 28.3. The Morgan fingerprint density at radius 3 is 1.50 bits per heavy atom. The summed E-state index contributed by atoms with van der Waals surface area (Å²) in [6.07, 6.45) is 0.827. The van der Waals surface area contributed by atoms with Gasteiger partial charge in [0.25, 0.3) is 11.1 Å². The van der Waals surface area contributed by atoms with E-state index in [1.165, 1.54) is 14.9 Å². The van der Waals surface area contributed by atoms with Gasteiger partial charge in [-0.05, 0) is 86.9 Å². The van der Waals surface area contributed by atoms with Crippen LogP contribution in [-0.2, 0) is 0 Å². The summed E-state index contributed by atoms with van der Waals surface area (Å²) in [7, 11) is 0. The van der Waals surface area contributed by atoms with Gasteiger partial charge in [0.2, 0.25) is 5.95 Å². The maximum absolute atomic E-state index is 14.9. The minimum Gasteiger partial charge on any atom is -0.268 e. The normalized spacial score (nSPS) is 13.0. The van der Waals surface area contributed by atoms with Gasteiger partial charge in [0.15, 0.2) is 17.5 Å². The minimum atomic E-state index is -1.21. The Labute approximate surface area is 294 Å². The molecule has 7 aromatic carbocycles. The molecular formula is C42H14F4N6O2. The highest BCUT2D eigenvalue weighted by atomic mass is 19.2. The van der Waals surface area contributed by atoms with Crippen LogP contribution >= 0.6 is 0 Å². The third-order valence-electron chi connectivity index (χ3n) is 11.3. The van der Waals surface area contributed by atoms with Crippen LogP contribution in [0.25, 0.3) is 120 Å². The lowest BCUT2D eigenvalue weighted by molar-refractivity contribution is 0.484. The van der Waals surface area contributed by atoms with Crippen molar-refractivity contribution in [3.63, 3.8) is 0 Å². The standard InChI is InChI=1S/C42H14F4N6O2/c43-25-9-15-10-31-29(12-27(15)48-38(25)46)49-39-20-5-1-16-17-2-6-21-36-23(8-4-19(34(17)36)18-3-7-22(35(20)33(16)18)41(53)51(31)39)42(54)52-32-11-24-28(13-30(32)50-40(21)52)47-14-26(44)37(24)45/h1-14H. The molecule has 0 saturated carbocycles. The van der Waals surface area contributed by atoms with Crippen molar-refractivity contribution in [2.24, 2.45) is 0 Å². The summed E-state index contributed by atoms with van der Waals surface area (Å²) in [4.78, 5) is 46.1. The van der Waals surface area contributed by atoms with Crippen LogP contribution in [0.15, 0.2) is 94.6 Å². The SMILES string of the molecule is O=c1c2ccc3c4ccc5c(=O)n6c7cc8c(F)c(F)cnc8cc7nc6c6ccc(c7ccc(c2c37)c2nc3cc7nc(F)c(F)cc7cc3n12)c4c56. The highest BCUT2D eigenvalue weighted by Crippen LogP contribution is 2.46. The molecule has 0 amide bonds. The summed E-state index contributed by atoms with van der Waals surface area (Å²) in [5.41, 5.74) is 2.24. The van der Waals surface area contributed by atoms with Gasteiger partial charge in [0.05, 0.1) is 39.3 Å². The first-order valence-electron chi connectivity index (χ1n) is 16.9. The highest BCUT2D eigenvalue weighted by molar-refractivity contribution is 6.40. The van der Waals surface area contributed by atoms with Crippen molar-refractivity contribution in [1.29, 1.82) is 0 Å². The van der Waals surface area contributed by atoms with E-state index in [-0.39, 0.29) is 27.5 Å². The van der Waals surface area contributed by atoms with Crippen LogP contribution in [0.5, 0.6) is 0 Å². The van der Waals surface area contributed by atoms with E-state index in [1.807, 2.05) is 36.4 Å². The number of benzene rings is 7. The largest absolute Gasteiger partial charge is 0.268 e. The minimum absolute atomic E-state index is 0.0455. The van der Waals surface area contributed by atoms with Gasteiger partial charge in [-0.3, -0.25) is 23.4 Å². The van der Waals surface area contributed by atoms with Crippen LogP contribution in [-0.4, -0.2) is 28.7 Å². The molecule has 0 fully saturated rings. The van der Waals surface area contributed by atoms with Crippen LogP contribution in [0.1, 0.15) is 0 Å². The maximum Gasteiger partial charge on any atom is 0.264 e. The third kappa shape index (κ3) is 3.10. The van der Waals surface area contributed by atoms with Crippen LogP contribution in [0.3, 0.4) is 0 Å². The fraction of sp³-hybridized carbons (Fsp3) is 0. The van der Waals surface area contributed by atoms with E-state index in [0.29, 0.717) is 54.9 Å². The zero-order valence-corrected chi connectivity index (χ0v) is 27.1. The summed E-state index contributed by atoms with van der Waals surface area (Å²) in [6, 6.07) is 22.4. The zero-order valence-electron chi connectivity index (χ0n) is 27.1. The molecule has 12 heteroatoms. The molecule has 252 valence electrons. The molecule has 0 saturated heterocycles. The summed E-state index contributed by atoms with van der Waals surface area (Å²) in [6.45, 7) is 0. The van der Waals surface area contributed by atoms with Crippen molar-refractivity contribution < 1.29 is 17.6 Å². The van der Waals surface area contributed by atoms with Gasteiger partial charge < -0.3 is 0 Å². The van der Waals surface area contributed by atoms with Crippen molar-refractivity contribution in [3.8, 4) is 0 Å². The predicted octanol–water partition coefficient (Wildman–Crippen LogP) is 8.89. The second-order valence-corrected chi connectivity index (χ2v) is 13.9. The number of imidazole rings is 2. The Kier molecular flexibility index (Phi) is 4.71. The number of aromatic nitrogens is 6. The highest BCUT2D eigenvalue weighted by Gasteiger charge is 2.25. The quantitative estimate of drug-likeness (QED) is 0.0676. The summed E-state index contributed by atoms with van der Waals surface area (Å²) in [5, 5.41) is 9.34. The van der Waals surface area contributed by atoms with Crippen LogP contribution in [0, 0.1) is 23.4 Å². The zero-order chi connectivity index (χ0) is 36.0. The van der Waals surface area contributed by atoms with Gasteiger partial charge in [0, 0.05) is 43.1 Å². The molecule has 0 aliphatic rings. The van der Waals surface area contributed by atoms with Gasteiger partial charge in [-0.2, -0.15) is 4.39 Å². The summed E-state index contributed by atoms with van der Waals surface area (Å²) in [5.74, 6) is -4.42. The molecule has 0 bridgehead atoms. The Morgan fingerprint density at radius 1 is 0.444 bits per heavy atom. The van der Waals surface area contributed by atoms with Crippen LogP contribution in [0.2, 0.25) is 0 Å². The number of hydrogen-bond donors (Lipinski definition) is 0. The second-order valence-electron chi connectivity index (χ2n) is 13.9. The number of fused-ring (bicyclic) bond motifs is 12. The van der Waals surface area contributed by atoms with E-state index in [0.717, 1.165) is 60.7 Å². The molecule has 0 spiro atoms. The molecule has 0 radical (unpaired) electrons. The number of rotatable bonds is 0. The molecular weight excluding hydrogens is 696 g/mol. The number of halogens is 4. The first-order chi connectivity index (χ1) is 26.2. The molecule has 8 nitrogen and oxygen atoms in total. The van der Waals surface area contributed by atoms with Crippen LogP contribution in [0.4, 0.5) is 17.6 Å². The average molecular weight is 711 g/mol. The molecule has 0 unspecified atom stereocenters. The summed E-state index contributed by atoms with van der Waals surface area (Å²) < 4.78 is 60.1. The molecule has 13 aromatic rings. The van der Waals surface area contributed by atoms with E-state index < -0.39 is 23.4 Å². The van der Waals surface area contributed by atoms with Gasteiger partial charge in [-0.15, -0.1) is 0 Å². The third-order valence-corrected chi connectivity index (χ3v) is 11.3. The molecule has 0 atom stereocenters. The number of pyridine rings is 4. The van der Waals surface area contributed by atoms with Crippen molar-refractivity contribution in [3.05, 3.63) is 129 Å². The van der Waals surface area contributed by atoms with Crippen molar-refractivity contribution in [1.82, 2.24) is 28.7 Å². The fourth-order valence-corrected chi connectivity index (χ4v) is 9.03. The molecule has 0 aliphatic carbocycles. The van der Waals surface area contributed by atoms with Crippen LogP contribution < -0.4 is 11.1 Å². The lowest BCUT2D eigenvalue weighted by Crippen LogP contribution is -2.14. The second kappa shape index (κ2) is 8.99. The molecule has 6 aromatic heterocycles. The van der Waals surface area contributed by atoms with E-state index in [1.54, 1.807) is 30.3 Å². The Balaban J connectivity index is 1.16. The van der Waals surface area contributed by atoms with E-state index in [2.05, 4.69) is 9.97 Å². The average Bonchev–Trinajstić information content (AvgIpc) is 3.74. The Bertz CT molecular complexity index is 4050. The smallest absolute Gasteiger partial charge is 0.264 e. The summed E-state index contributed by atoms with van der Waals surface area (Å²) >= 11 is 0. The molecule has 13 rings (SSSR count). The van der Waals surface area contributed by atoms with Gasteiger partial charge in [-0.1, -0.05) is 24.3 Å². The van der Waals surface area contributed by atoms with Crippen molar-refractivity contribution in [2.45, 2.75) is 0 Å². The lowest BCUT2D eigenvalue weighted by Gasteiger charge is -2.18. The van der Waals surface area contributed by atoms with Gasteiger partial charge in [0.1, 0.15) is 11.3 Å². The monoisotopic (exact) mass is 710 g/mol. The Morgan fingerprint density at radius 2 is 0.926 bits per heavy atom. The van der Waals surface area contributed by atoms with E-state index >= 15 is 0 Å². The molecule has 0 N–H and O–H groups in total. The maximum atomic E-state index is 14.9. The van der Waals surface area contributed by atoms with Gasteiger partial charge in [-0.25, -0.2) is 28.1 Å². The van der Waals surface area contributed by atoms with E-state index in [4.69, 9.17) is 9.97 Å². The first-order valence-corrected chi connectivity index (χ1v) is 16.9. The number of nitrogens with zero attached hydrogens (tertiary/aromatic N) is 6. The Hall–Kier alpha value is -7.34. The van der Waals surface area contributed by atoms with Gasteiger partial charge >= 0.3 is 0 Å². The number of hydrogen-bond acceptors (Lipinski definition) is 6. The molecule has 0 aliphatic heterocycles. The van der Waals surface area contributed by atoms with Crippen molar-refractivity contribution >= 4 is 120 Å². The lowest BCUT2D eigenvalue weighted by atomic mass is 9.86. The van der Waals surface area contributed by atoms with Crippen molar-refractivity contribution in [2.75, 3.05) is 0 Å². The predicted molar refractivity (Wildman–Crippen MR) is 201 cm³/mol. The fourth-order valence-electron chi connectivity index (χ4n) is 9.03. The van der Waals surface area contributed by atoms with E-state index in [9.17, 15) is 27.2 Å². The molecule has 6 heterocycles.